The maximum atomic E-state index is 13.5. The molecule has 2 saturated heterocycles. The predicted octanol–water partition coefficient (Wildman–Crippen LogP) is 5.45. The van der Waals surface area contributed by atoms with E-state index in [9.17, 15) is 9.59 Å². The SMILES string of the molecule is COc1ccc(CCN2CCC(CNC(=O)c3cnn(C(C)(C)C)c3C3CCN(C(=O)OC(C)(C)C)CC3)CC2)cc1. The van der Waals surface area contributed by atoms with Crippen LogP contribution < -0.4 is 10.1 Å². The van der Waals surface area contributed by atoms with Crippen molar-refractivity contribution in [2.75, 3.05) is 46.4 Å². The third-order valence-corrected chi connectivity index (χ3v) is 8.35. The van der Waals surface area contributed by atoms with Gasteiger partial charge in [0.1, 0.15) is 11.4 Å². The topological polar surface area (TPSA) is 88.9 Å². The lowest BCUT2D eigenvalue weighted by Crippen LogP contribution is -2.42. The molecule has 2 aromatic rings. The van der Waals surface area contributed by atoms with Gasteiger partial charge >= 0.3 is 6.09 Å². The van der Waals surface area contributed by atoms with Crippen LogP contribution in [0, 0.1) is 5.92 Å². The quantitative estimate of drug-likeness (QED) is 0.446. The van der Waals surface area contributed by atoms with E-state index < -0.39 is 5.60 Å². The molecule has 0 spiro atoms. The molecule has 4 rings (SSSR count). The molecule has 0 radical (unpaired) electrons. The lowest BCUT2D eigenvalue weighted by molar-refractivity contribution is 0.0201. The number of methoxy groups -OCH3 is 1. The monoisotopic (exact) mass is 581 g/mol. The number of nitrogens with one attached hydrogen (secondary N) is 1. The second kappa shape index (κ2) is 13.5. The zero-order valence-electron chi connectivity index (χ0n) is 26.7. The van der Waals surface area contributed by atoms with Gasteiger partial charge in [0.15, 0.2) is 0 Å². The fourth-order valence-corrected chi connectivity index (χ4v) is 5.95. The Bertz CT molecular complexity index is 1180. The van der Waals surface area contributed by atoms with Gasteiger partial charge < -0.3 is 24.6 Å². The number of likely N-dealkylation sites (tertiary alicyclic amines) is 2. The van der Waals surface area contributed by atoms with Crippen molar-refractivity contribution in [2.24, 2.45) is 5.92 Å². The zero-order chi connectivity index (χ0) is 30.5. The van der Waals surface area contributed by atoms with Crippen LogP contribution >= 0.6 is 0 Å². The average Bonchev–Trinajstić information content (AvgIpc) is 3.41. The number of hydrogen-bond donors (Lipinski definition) is 1. The number of carbonyl (C=O) groups is 2. The minimum Gasteiger partial charge on any atom is -0.497 e. The molecule has 9 nitrogen and oxygen atoms in total. The van der Waals surface area contributed by atoms with Crippen molar-refractivity contribution in [1.29, 1.82) is 0 Å². The van der Waals surface area contributed by atoms with Crippen molar-refractivity contribution in [2.45, 2.75) is 90.7 Å². The molecule has 1 N–H and O–H groups in total. The molecule has 0 saturated carbocycles. The summed E-state index contributed by atoms with van der Waals surface area (Å²) in [6.07, 6.45) is 6.21. The van der Waals surface area contributed by atoms with Crippen molar-refractivity contribution in [3.8, 4) is 5.75 Å². The van der Waals surface area contributed by atoms with Gasteiger partial charge in [-0.2, -0.15) is 5.10 Å². The van der Waals surface area contributed by atoms with E-state index in [4.69, 9.17) is 9.47 Å². The molecule has 2 fully saturated rings. The Balaban J connectivity index is 1.30. The maximum Gasteiger partial charge on any atom is 0.410 e. The van der Waals surface area contributed by atoms with Crippen LogP contribution in [0.4, 0.5) is 4.79 Å². The lowest BCUT2D eigenvalue weighted by Gasteiger charge is -2.35. The number of aromatic nitrogens is 2. The summed E-state index contributed by atoms with van der Waals surface area (Å²) < 4.78 is 12.8. The summed E-state index contributed by atoms with van der Waals surface area (Å²) in [7, 11) is 1.69. The van der Waals surface area contributed by atoms with Crippen molar-refractivity contribution in [1.82, 2.24) is 24.9 Å². The molecule has 2 aliphatic heterocycles. The molecule has 9 heteroatoms. The molecule has 1 aromatic heterocycles. The second-order valence-corrected chi connectivity index (χ2v) is 13.9. The van der Waals surface area contributed by atoms with Crippen LogP contribution in [-0.2, 0) is 16.7 Å². The molecule has 0 atom stereocenters. The first-order valence-electron chi connectivity index (χ1n) is 15.5. The zero-order valence-corrected chi connectivity index (χ0v) is 26.7. The van der Waals surface area contributed by atoms with Gasteiger partial charge in [0, 0.05) is 32.1 Å². The maximum absolute atomic E-state index is 13.5. The third-order valence-electron chi connectivity index (χ3n) is 8.35. The Morgan fingerprint density at radius 2 is 1.60 bits per heavy atom. The van der Waals surface area contributed by atoms with Crippen LogP contribution in [0.2, 0.25) is 0 Å². The molecule has 2 aliphatic rings. The Labute approximate surface area is 251 Å². The summed E-state index contributed by atoms with van der Waals surface area (Å²) in [5, 5.41) is 7.93. The second-order valence-electron chi connectivity index (χ2n) is 13.9. The van der Waals surface area contributed by atoms with Gasteiger partial charge in [-0.15, -0.1) is 0 Å². The highest BCUT2D eigenvalue weighted by Gasteiger charge is 2.34. The van der Waals surface area contributed by atoms with E-state index in [1.807, 2.05) is 37.6 Å². The number of rotatable bonds is 8. The highest BCUT2D eigenvalue weighted by molar-refractivity contribution is 5.95. The van der Waals surface area contributed by atoms with E-state index in [2.05, 4.69) is 48.2 Å². The smallest absolute Gasteiger partial charge is 0.410 e. The summed E-state index contributed by atoms with van der Waals surface area (Å²) in [6, 6.07) is 8.32. The number of benzene rings is 1. The minimum absolute atomic E-state index is 0.0444. The highest BCUT2D eigenvalue weighted by Crippen LogP contribution is 2.34. The summed E-state index contributed by atoms with van der Waals surface area (Å²) in [4.78, 5) is 30.4. The largest absolute Gasteiger partial charge is 0.497 e. The van der Waals surface area contributed by atoms with Gasteiger partial charge in [-0.3, -0.25) is 9.48 Å². The van der Waals surface area contributed by atoms with Crippen LogP contribution in [0.5, 0.6) is 5.75 Å². The fourth-order valence-electron chi connectivity index (χ4n) is 5.95. The van der Waals surface area contributed by atoms with Crippen molar-refractivity contribution >= 4 is 12.0 Å². The average molecular weight is 582 g/mol. The predicted molar refractivity (Wildman–Crippen MR) is 165 cm³/mol. The van der Waals surface area contributed by atoms with Crippen molar-refractivity contribution in [3.05, 3.63) is 47.3 Å². The number of hydrogen-bond acceptors (Lipinski definition) is 6. The molecule has 3 heterocycles. The summed E-state index contributed by atoms with van der Waals surface area (Å²) in [6.45, 7) is 17.1. The fraction of sp³-hybridized carbons (Fsp3) is 0.667. The minimum atomic E-state index is -0.516. The highest BCUT2D eigenvalue weighted by atomic mass is 16.6. The molecular weight excluding hydrogens is 530 g/mol. The number of piperidine rings is 2. The number of nitrogens with zero attached hydrogens (tertiary/aromatic N) is 4. The van der Waals surface area contributed by atoms with Gasteiger partial charge in [0.2, 0.25) is 0 Å². The van der Waals surface area contributed by atoms with Crippen molar-refractivity contribution < 1.29 is 19.1 Å². The van der Waals surface area contributed by atoms with E-state index in [1.54, 1.807) is 18.2 Å². The van der Waals surface area contributed by atoms with Gasteiger partial charge in [-0.1, -0.05) is 12.1 Å². The van der Waals surface area contributed by atoms with Gasteiger partial charge in [0.05, 0.1) is 30.1 Å². The molecule has 232 valence electrons. The summed E-state index contributed by atoms with van der Waals surface area (Å²) in [5.74, 6) is 1.48. The first-order chi connectivity index (χ1) is 19.8. The first kappa shape index (κ1) is 31.9. The molecule has 0 aliphatic carbocycles. The van der Waals surface area contributed by atoms with Gasteiger partial charge in [-0.25, -0.2) is 4.79 Å². The first-order valence-corrected chi connectivity index (χ1v) is 15.5. The van der Waals surface area contributed by atoms with E-state index in [0.29, 0.717) is 31.1 Å². The lowest BCUT2D eigenvalue weighted by atomic mass is 9.90. The standard InChI is InChI=1S/C33H51N5O4/c1-32(2,3)38-29(26-15-20-37(21-16-26)31(40)42-33(4,5)6)28(23-35-38)30(39)34-22-25-13-18-36(19-14-25)17-12-24-8-10-27(41-7)11-9-24/h8-11,23,25-26H,12-22H2,1-7H3,(H,34,39). The third kappa shape index (κ3) is 8.49. The van der Waals surface area contributed by atoms with Crippen LogP contribution in [0.1, 0.15) is 94.8 Å². The molecule has 0 unspecified atom stereocenters. The summed E-state index contributed by atoms with van der Waals surface area (Å²) in [5.41, 5.74) is 2.20. The Morgan fingerprint density at radius 1 is 0.952 bits per heavy atom. The molecule has 0 bridgehead atoms. The Hall–Kier alpha value is -3.07. The Kier molecular flexibility index (Phi) is 10.2. The van der Waals surface area contributed by atoms with E-state index in [-0.39, 0.29) is 23.5 Å². The van der Waals surface area contributed by atoms with Crippen molar-refractivity contribution in [3.63, 3.8) is 0 Å². The summed E-state index contributed by atoms with van der Waals surface area (Å²) >= 11 is 0. The normalized spacial score (nSPS) is 17.7. The molecule has 2 amide bonds. The Morgan fingerprint density at radius 3 is 2.17 bits per heavy atom. The molecule has 42 heavy (non-hydrogen) atoms. The van der Waals surface area contributed by atoms with Crippen LogP contribution in [0.25, 0.3) is 0 Å². The van der Waals surface area contributed by atoms with E-state index >= 15 is 0 Å². The number of amides is 2. The van der Waals surface area contributed by atoms with Crippen LogP contribution in [0.15, 0.2) is 30.5 Å². The van der Waals surface area contributed by atoms with E-state index in [1.165, 1.54) is 5.56 Å². The molecule has 1 aromatic carbocycles. The number of carbonyl (C=O) groups excluding carboxylic acids is 2. The van der Waals surface area contributed by atoms with Gasteiger partial charge in [-0.05, 0) is 110 Å². The van der Waals surface area contributed by atoms with E-state index in [0.717, 1.165) is 63.2 Å². The number of ether oxygens (including phenoxy) is 2. The van der Waals surface area contributed by atoms with Crippen LogP contribution in [-0.4, -0.2) is 83.6 Å². The van der Waals surface area contributed by atoms with Gasteiger partial charge in [0.25, 0.3) is 5.91 Å². The van der Waals surface area contributed by atoms with Crippen LogP contribution in [0.3, 0.4) is 0 Å². The molecular formula is C33H51N5O4.